The first-order valence-corrected chi connectivity index (χ1v) is 5.57. The van der Waals surface area contributed by atoms with Gasteiger partial charge in [0.25, 0.3) is 5.56 Å². The minimum atomic E-state index is -0.845. The Morgan fingerprint density at radius 1 is 1.00 bits per heavy atom. The summed E-state index contributed by atoms with van der Waals surface area (Å²) >= 11 is 0. The molecule has 0 saturated heterocycles. The van der Waals surface area contributed by atoms with Gasteiger partial charge in [-0.1, -0.05) is 22.9 Å². The van der Waals surface area contributed by atoms with Gasteiger partial charge in [-0.3, -0.25) is 4.79 Å². The van der Waals surface area contributed by atoms with Gasteiger partial charge in [-0.05, 0) is 24.3 Å². The maximum atomic E-state index is 12.0. The van der Waals surface area contributed by atoms with Gasteiger partial charge in [-0.25, -0.2) is 14.3 Å². The van der Waals surface area contributed by atoms with Crippen LogP contribution < -0.4 is 11.2 Å². The van der Waals surface area contributed by atoms with Crippen molar-refractivity contribution < 1.29 is 5.21 Å². The molecule has 1 aromatic carbocycles. The fourth-order valence-electron chi connectivity index (χ4n) is 1.94. The van der Waals surface area contributed by atoms with Gasteiger partial charge in [0.2, 0.25) is 0 Å². The molecule has 94 valence electrons. The molecule has 0 fully saturated rings. The van der Waals surface area contributed by atoms with E-state index in [0.29, 0.717) is 5.69 Å². The molecule has 3 aromatic rings. The highest BCUT2D eigenvalue weighted by atomic mass is 16.5. The molecule has 6 heteroatoms. The average Bonchev–Trinajstić information content (AvgIpc) is 2.46. The van der Waals surface area contributed by atoms with Crippen molar-refractivity contribution in [2.75, 3.05) is 0 Å². The summed E-state index contributed by atoms with van der Waals surface area (Å²) in [7, 11) is 0. The number of hydrogen-bond donors (Lipinski definition) is 1. The van der Waals surface area contributed by atoms with Crippen LogP contribution in [-0.4, -0.2) is 19.5 Å². The molecule has 0 saturated carbocycles. The maximum absolute atomic E-state index is 12.0. The topological polar surface area (TPSA) is 77.1 Å². The molecule has 19 heavy (non-hydrogen) atoms. The highest BCUT2D eigenvalue weighted by molar-refractivity contribution is 5.75. The first-order chi connectivity index (χ1) is 9.20. The van der Waals surface area contributed by atoms with Crippen molar-refractivity contribution in [2.45, 2.75) is 0 Å². The quantitative estimate of drug-likeness (QED) is 0.652. The number of nitrogens with zero attached hydrogens (tertiary/aromatic N) is 3. The zero-order chi connectivity index (χ0) is 13.4. The fourth-order valence-corrected chi connectivity index (χ4v) is 1.94. The van der Waals surface area contributed by atoms with E-state index in [1.54, 1.807) is 36.4 Å². The third kappa shape index (κ3) is 1.61. The predicted molar refractivity (Wildman–Crippen MR) is 68.8 cm³/mol. The van der Waals surface area contributed by atoms with E-state index < -0.39 is 11.2 Å². The normalized spacial score (nSPS) is 10.7. The molecule has 0 spiro atoms. The van der Waals surface area contributed by atoms with E-state index in [1.165, 1.54) is 16.8 Å². The summed E-state index contributed by atoms with van der Waals surface area (Å²) in [6.45, 7) is 0. The van der Waals surface area contributed by atoms with Crippen molar-refractivity contribution >= 4 is 11.0 Å². The van der Waals surface area contributed by atoms with Crippen molar-refractivity contribution in [2.24, 2.45) is 0 Å². The SMILES string of the molecule is O=c1c2cccnc2n(-c2ccccc2)c(=O)n1O. The van der Waals surface area contributed by atoms with E-state index in [2.05, 4.69) is 4.98 Å². The van der Waals surface area contributed by atoms with Crippen LogP contribution >= 0.6 is 0 Å². The minimum Gasteiger partial charge on any atom is -0.421 e. The van der Waals surface area contributed by atoms with E-state index in [-0.39, 0.29) is 15.8 Å². The molecular weight excluding hydrogens is 246 g/mol. The predicted octanol–water partition coefficient (Wildman–Crippen LogP) is 0.785. The maximum Gasteiger partial charge on any atom is 0.370 e. The van der Waals surface area contributed by atoms with Gasteiger partial charge in [0, 0.05) is 6.20 Å². The van der Waals surface area contributed by atoms with Gasteiger partial charge in [0.05, 0.1) is 11.1 Å². The summed E-state index contributed by atoms with van der Waals surface area (Å²) in [6, 6.07) is 11.8. The van der Waals surface area contributed by atoms with Crippen LogP contribution in [0.25, 0.3) is 16.7 Å². The van der Waals surface area contributed by atoms with Gasteiger partial charge in [0.1, 0.15) is 0 Å². The molecule has 0 radical (unpaired) electrons. The van der Waals surface area contributed by atoms with Crippen LogP contribution in [0.1, 0.15) is 0 Å². The van der Waals surface area contributed by atoms with Crippen molar-refractivity contribution in [3.05, 3.63) is 69.5 Å². The second-order valence-corrected chi connectivity index (χ2v) is 3.95. The molecule has 0 aliphatic rings. The lowest BCUT2D eigenvalue weighted by molar-refractivity contribution is 0.160. The van der Waals surface area contributed by atoms with Crippen LogP contribution in [0.2, 0.25) is 0 Å². The Bertz CT molecular complexity index is 866. The lowest BCUT2D eigenvalue weighted by atomic mass is 10.3. The van der Waals surface area contributed by atoms with Crippen LogP contribution in [0, 0.1) is 0 Å². The number of hydrogen-bond acceptors (Lipinski definition) is 4. The van der Waals surface area contributed by atoms with E-state index in [9.17, 15) is 14.8 Å². The summed E-state index contributed by atoms with van der Waals surface area (Å²) in [5.74, 6) is 0. The van der Waals surface area contributed by atoms with E-state index >= 15 is 0 Å². The number of para-hydroxylation sites is 1. The molecule has 1 N–H and O–H groups in total. The molecule has 2 aromatic heterocycles. The van der Waals surface area contributed by atoms with Gasteiger partial charge in [-0.15, -0.1) is 0 Å². The monoisotopic (exact) mass is 255 g/mol. The third-order valence-corrected chi connectivity index (χ3v) is 2.81. The van der Waals surface area contributed by atoms with Crippen LogP contribution in [-0.2, 0) is 0 Å². The number of aromatic nitrogens is 3. The minimum absolute atomic E-state index is 0.0943. The molecule has 3 rings (SSSR count). The molecule has 0 amide bonds. The first-order valence-electron chi connectivity index (χ1n) is 5.57. The van der Waals surface area contributed by atoms with Crippen molar-refractivity contribution in [3.8, 4) is 5.69 Å². The number of fused-ring (bicyclic) bond motifs is 1. The number of pyridine rings is 1. The van der Waals surface area contributed by atoms with Gasteiger partial charge in [0.15, 0.2) is 5.65 Å². The Balaban J connectivity index is 2.56. The molecule has 2 heterocycles. The largest absolute Gasteiger partial charge is 0.421 e. The summed E-state index contributed by atoms with van der Waals surface area (Å²) in [4.78, 5) is 27.9. The van der Waals surface area contributed by atoms with Gasteiger partial charge in [-0.2, -0.15) is 0 Å². The highest BCUT2D eigenvalue weighted by Gasteiger charge is 2.13. The second kappa shape index (κ2) is 4.09. The summed E-state index contributed by atoms with van der Waals surface area (Å²) in [5, 5.41) is 9.76. The Kier molecular flexibility index (Phi) is 2.42. The molecule has 0 bridgehead atoms. The molecule has 0 unspecified atom stereocenters. The van der Waals surface area contributed by atoms with Crippen LogP contribution in [0.5, 0.6) is 0 Å². The third-order valence-electron chi connectivity index (χ3n) is 2.81. The second-order valence-electron chi connectivity index (χ2n) is 3.95. The number of benzene rings is 1. The fraction of sp³-hybridized carbons (Fsp3) is 0. The number of rotatable bonds is 1. The average molecular weight is 255 g/mol. The van der Waals surface area contributed by atoms with Crippen molar-refractivity contribution in [1.82, 2.24) is 14.3 Å². The summed E-state index contributed by atoms with van der Waals surface area (Å²) in [6.07, 6.45) is 1.49. The van der Waals surface area contributed by atoms with Crippen molar-refractivity contribution in [3.63, 3.8) is 0 Å². The highest BCUT2D eigenvalue weighted by Crippen LogP contribution is 2.10. The Morgan fingerprint density at radius 2 is 1.74 bits per heavy atom. The van der Waals surface area contributed by atoms with Gasteiger partial charge >= 0.3 is 5.69 Å². The van der Waals surface area contributed by atoms with Crippen molar-refractivity contribution in [1.29, 1.82) is 0 Å². The Labute approximate surface area is 106 Å². The standard InChI is InChI=1S/C13H9N3O3/c17-12-10-7-4-8-14-11(10)15(13(18)16(12)19)9-5-2-1-3-6-9/h1-8,19H. The lowest BCUT2D eigenvalue weighted by Gasteiger charge is -2.09. The summed E-state index contributed by atoms with van der Waals surface area (Å²) < 4.78 is 1.29. The van der Waals surface area contributed by atoms with E-state index in [1.807, 2.05) is 0 Å². The summed E-state index contributed by atoms with van der Waals surface area (Å²) in [5.41, 5.74) is -0.879. The molecule has 0 aliphatic heterocycles. The Morgan fingerprint density at radius 3 is 2.47 bits per heavy atom. The van der Waals surface area contributed by atoms with Crippen LogP contribution in [0.3, 0.4) is 0 Å². The van der Waals surface area contributed by atoms with E-state index in [0.717, 1.165) is 0 Å². The van der Waals surface area contributed by atoms with Crippen LogP contribution in [0.4, 0.5) is 0 Å². The molecule has 6 nitrogen and oxygen atoms in total. The first kappa shape index (κ1) is 11.2. The lowest BCUT2D eigenvalue weighted by Crippen LogP contribution is -2.38. The molecule has 0 atom stereocenters. The molecule has 0 aliphatic carbocycles. The van der Waals surface area contributed by atoms with Gasteiger partial charge < -0.3 is 5.21 Å². The smallest absolute Gasteiger partial charge is 0.370 e. The molecular formula is C13H9N3O3. The van der Waals surface area contributed by atoms with E-state index in [4.69, 9.17) is 0 Å². The zero-order valence-electron chi connectivity index (χ0n) is 9.72. The Hall–Kier alpha value is -2.89. The zero-order valence-corrected chi connectivity index (χ0v) is 9.72. The van der Waals surface area contributed by atoms with Crippen LogP contribution in [0.15, 0.2) is 58.3 Å².